The summed E-state index contributed by atoms with van der Waals surface area (Å²) in [6.07, 6.45) is 5.74. The Bertz CT molecular complexity index is 1450. The third kappa shape index (κ3) is 6.52. The first-order valence-corrected chi connectivity index (χ1v) is 15.2. The molecular weight excluding hydrogens is 528 g/mol. The quantitative estimate of drug-likeness (QED) is 0.370. The highest BCUT2D eigenvalue weighted by Gasteiger charge is 2.25. The Hall–Kier alpha value is -3.69. The van der Waals surface area contributed by atoms with Crippen LogP contribution in [0, 0.1) is 20.8 Å². The maximum absolute atomic E-state index is 13.7. The number of nitrogens with zero attached hydrogens (tertiary/aromatic N) is 3. The van der Waals surface area contributed by atoms with Crippen LogP contribution >= 0.6 is 0 Å². The van der Waals surface area contributed by atoms with E-state index in [0.717, 1.165) is 98.0 Å². The summed E-state index contributed by atoms with van der Waals surface area (Å²) in [5.74, 6) is 0.749. The lowest BCUT2D eigenvalue weighted by atomic mass is 9.95. The summed E-state index contributed by atoms with van der Waals surface area (Å²) in [5.41, 5.74) is 12.6. The molecule has 1 aromatic carbocycles. The lowest BCUT2D eigenvalue weighted by molar-refractivity contribution is 0.0846. The van der Waals surface area contributed by atoms with Gasteiger partial charge in [0.05, 0.1) is 0 Å². The van der Waals surface area contributed by atoms with Gasteiger partial charge in [0.2, 0.25) is 0 Å². The molecule has 3 aromatic rings. The summed E-state index contributed by atoms with van der Waals surface area (Å²) in [5, 5.41) is 3.03. The number of nitrogens with two attached hydrogens (primary N) is 1. The predicted octanol–water partition coefficient (Wildman–Crippen LogP) is 4.22. The van der Waals surface area contributed by atoms with Crippen molar-refractivity contribution in [1.29, 1.82) is 0 Å². The van der Waals surface area contributed by atoms with Crippen LogP contribution in [0.1, 0.15) is 65.3 Å². The molecule has 2 fully saturated rings. The molecule has 0 atom stereocenters. The fourth-order valence-corrected chi connectivity index (χ4v) is 6.26. The van der Waals surface area contributed by atoms with E-state index in [-0.39, 0.29) is 24.1 Å². The molecule has 0 bridgehead atoms. The number of hydrogen-bond donors (Lipinski definition) is 3. The molecule has 2 aromatic heterocycles. The summed E-state index contributed by atoms with van der Waals surface area (Å²) < 4.78 is 5.65. The van der Waals surface area contributed by atoms with Gasteiger partial charge in [0, 0.05) is 85.7 Å². The van der Waals surface area contributed by atoms with E-state index in [9.17, 15) is 9.59 Å². The van der Waals surface area contributed by atoms with Crippen LogP contribution < -0.4 is 26.4 Å². The zero-order valence-corrected chi connectivity index (χ0v) is 25.3. The normalized spacial score (nSPS) is 16.5. The van der Waals surface area contributed by atoms with E-state index < -0.39 is 0 Å². The number of aryl methyl sites for hydroxylation is 2. The van der Waals surface area contributed by atoms with Crippen LogP contribution in [0.5, 0.6) is 0 Å². The van der Waals surface area contributed by atoms with Crippen LogP contribution in [0.15, 0.2) is 41.3 Å². The van der Waals surface area contributed by atoms with Gasteiger partial charge in [-0.3, -0.25) is 9.59 Å². The molecule has 0 unspecified atom stereocenters. The molecule has 42 heavy (non-hydrogen) atoms. The number of aromatic nitrogens is 2. The second-order valence-electron chi connectivity index (χ2n) is 11.7. The van der Waals surface area contributed by atoms with Gasteiger partial charge >= 0.3 is 0 Å². The zero-order valence-electron chi connectivity index (χ0n) is 25.3. The number of carbonyl (C=O) groups is 1. The number of H-pyrrole nitrogens is 1. The van der Waals surface area contributed by atoms with Crippen molar-refractivity contribution < 1.29 is 9.53 Å². The Labute approximate surface area is 248 Å². The topological polar surface area (TPSA) is 117 Å². The fraction of sp³-hybridized carbons (Fsp3) is 0.485. The number of piperidine rings is 1. The van der Waals surface area contributed by atoms with Crippen LogP contribution in [0.25, 0.3) is 11.1 Å². The lowest BCUT2D eigenvalue weighted by Gasteiger charge is -2.37. The minimum Gasteiger partial charge on any atom is -0.381 e. The number of benzene rings is 1. The number of ether oxygens (including phenoxy) is 1. The van der Waals surface area contributed by atoms with Gasteiger partial charge in [-0.05, 0) is 100 Å². The van der Waals surface area contributed by atoms with Crippen molar-refractivity contribution in [3.8, 4) is 11.1 Å². The van der Waals surface area contributed by atoms with Gasteiger partial charge in [0.15, 0.2) is 0 Å². The third-order valence-electron chi connectivity index (χ3n) is 8.77. The molecule has 4 heterocycles. The number of rotatable bonds is 8. The lowest BCUT2D eigenvalue weighted by Crippen LogP contribution is -2.40. The molecule has 224 valence electrons. The van der Waals surface area contributed by atoms with E-state index in [1.807, 2.05) is 39.1 Å². The Balaban J connectivity index is 1.48. The van der Waals surface area contributed by atoms with Crippen molar-refractivity contribution in [3.63, 3.8) is 0 Å². The van der Waals surface area contributed by atoms with Crippen molar-refractivity contribution >= 4 is 17.4 Å². The van der Waals surface area contributed by atoms with E-state index in [4.69, 9.17) is 15.5 Å². The number of carbonyl (C=O) groups excluding carboxylic acids is 1. The highest BCUT2D eigenvalue weighted by molar-refractivity contribution is 5.99. The summed E-state index contributed by atoms with van der Waals surface area (Å²) in [7, 11) is 0. The van der Waals surface area contributed by atoms with Crippen LogP contribution in [-0.2, 0) is 11.3 Å². The Morgan fingerprint density at radius 1 is 1.10 bits per heavy atom. The van der Waals surface area contributed by atoms with Crippen molar-refractivity contribution in [2.24, 2.45) is 5.73 Å². The van der Waals surface area contributed by atoms with Gasteiger partial charge in [0.1, 0.15) is 5.82 Å². The van der Waals surface area contributed by atoms with Gasteiger partial charge in [-0.25, -0.2) is 4.98 Å². The largest absolute Gasteiger partial charge is 0.381 e. The first-order chi connectivity index (χ1) is 20.2. The average Bonchev–Trinajstić information content (AvgIpc) is 2.99. The molecule has 0 aliphatic carbocycles. The fourth-order valence-electron chi connectivity index (χ4n) is 6.26. The maximum Gasteiger partial charge on any atom is 0.253 e. The van der Waals surface area contributed by atoms with Gasteiger partial charge in [-0.2, -0.15) is 0 Å². The highest BCUT2D eigenvalue weighted by atomic mass is 16.5. The number of anilines is 2. The van der Waals surface area contributed by atoms with Crippen LogP contribution in [0.3, 0.4) is 0 Å². The molecule has 5 rings (SSSR count). The van der Waals surface area contributed by atoms with Gasteiger partial charge in [-0.1, -0.05) is 0 Å². The number of nitrogens with one attached hydrogen (secondary N) is 2. The second-order valence-corrected chi connectivity index (χ2v) is 11.7. The van der Waals surface area contributed by atoms with E-state index in [1.165, 1.54) is 0 Å². The monoisotopic (exact) mass is 572 g/mol. The average molecular weight is 573 g/mol. The Kier molecular flexibility index (Phi) is 9.28. The Morgan fingerprint density at radius 3 is 2.48 bits per heavy atom. The SMILES string of the molecule is CCN(c1cc(-c2ccc(N3CCC(N)CC3)nc2)cc(C(=O)NCc2c(C)cc(C)[nH]c2=O)c1C)C1CCOCC1. The van der Waals surface area contributed by atoms with Gasteiger partial charge < -0.3 is 30.6 Å². The first kappa shape index (κ1) is 29.8. The Morgan fingerprint density at radius 2 is 1.83 bits per heavy atom. The molecule has 4 N–H and O–H groups in total. The molecule has 9 nitrogen and oxygen atoms in total. The van der Waals surface area contributed by atoms with Crippen LogP contribution in [-0.4, -0.2) is 60.8 Å². The van der Waals surface area contributed by atoms with E-state index in [1.54, 1.807) is 0 Å². The summed E-state index contributed by atoms with van der Waals surface area (Å²) in [4.78, 5) is 38.7. The van der Waals surface area contributed by atoms with Gasteiger partial charge in [0.25, 0.3) is 11.5 Å². The molecule has 2 saturated heterocycles. The van der Waals surface area contributed by atoms with E-state index >= 15 is 0 Å². The minimum atomic E-state index is -0.202. The number of amides is 1. The summed E-state index contributed by atoms with van der Waals surface area (Å²) in [6.45, 7) is 12.2. The molecule has 2 aliphatic heterocycles. The van der Waals surface area contributed by atoms with Crippen molar-refractivity contribution in [3.05, 3.63) is 74.8 Å². The highest BCUT2D eigenvalue weighted by Crippen LogP contribution is 2.34. The summed E-state index contributed by atoms with van der Waals surface area (Å²) in [6, 6.07) is 10.8. The van der Waals surface area contributed by atoms with Gasteiger partial charge in [-0.15, -0.1) is 0 Å². The molecule has 1 amide bonds. The van der Waals surface area contributed by atoms with Crippen LogP contribution in [0.4, 0.5) is 11.5 Å². The van der Waals surface area contributed by atoms with E-state index in [0.29, 0.717) is 17.2 Å². The maximum atomic E-state index is 13.7. The van der Waals surface area contributed by atoms with Crippen molar-refractivity contribution in [1.82, 2.24) is 15.3 Å². The molecule has 2 aliphatic rings. The van der Waals surface area contributed by atoms with Crippen molar-refractivity contribution in [2.45, 2.75) is 72.0 Å². The predicted molar refractivity (Wildman–Crippen MR) is 168 cm³/mol. The van der Waals surface area contributed by atoms with E-state index in [2.05, 4.69) is 45.2 Å². The third-order valence-corrected chi connectivity index (χ3v) is 8.77. The second kappa shape index (κ2) is 13.1. The first-order valence-electron chi connectivity index (χ1n) is 15.2. The number of aromatic amines is 1. The summed E-state index contributed by atoms with van der Waals surface area (Å²) >= 11 is 0. The molecule has 0 spiro atoms. The van der Waals surface area contributed by atoms with Crippen molar-refractivity contribution in [2.75, 3.05) is 42.6 Å². The molecular formula is C33H44N6O3. The number of hydrogen-bond acceptors (Lipinski definition) is 7. The zero-order chi connectivity index (χ0) is 29.8. The van der Waals surface area contributed by atoms with Crippen LogP contribution in [0.2, 0.25) is 0 Å². The molecule has 9 heteroatoms. The standard InChI is InChI=1S/C33H44N6O3/c1-5-39(27-10-14-42-15-11-27)30-18-25(24-6-7-31(35-19-24)38-12-8-26(34)9-13-38)17-28(23(30)4)32(40)36-20-29-21(2)16-22(3)37-33(29)41/h6-7,16-19,26-27H,5,8-15,20,34H2,1-4H3,(H,36,40)(H,37,41). The smallest absolute Gasteiger partial charge is 0.253 e. The molecule has 0 saturated carbocycles. The molecule has 0 radical (unpaired) electrons. The minimum absolute atomic E-state index is 0.159. The number of pyridine rings is 2.